The summed E-state index contributed by atoms with van der Waals surface area (Å²) in [6.45, 7) is 4.38. The second-order valence-electron chi connectivity index (χ2n) is 9.93. The number of nitrogens with zero attached hydrogens (tertiary/aromatic N) is 3. The number of fused-ring (bicyclic) bond motifs is 4. The Labute approximate surface area is 227 Å². The van der Waals surface area contributed by atoms with Crippen LogP contribution in [-0.4, -0.2) is 38.5 Å². The fraction of sp³-hybridized carbons (Fsp3) is 0.357. The third-order valence-corrected chi connectivity index (χ3v) is 8.83. The van der Waals surface area contributed by atoms with Gasteiger partial charge < -0.3 is 19.6 Å². The van der Waals surface area contributed by atoms with Gasteiger partial charge in [0, 0.05) is 48.9 Å². The lowest BCUT2D eigenvalue weighted by Gasteiger charge is -2.44. The van der Waals surface area contributed by atoms with Crippen molar-refractivity contribution in [3.63, 3.8) is 0 Å². The summed E-state index contributed by atoms with van der Waals surface area (Å²) in [6.07, 6.45) is 2.70. The molecular formula is C28H30ClN4O4S-. The molecule has 1 saturated heterocycles. The van der Waals surface area contributed by atoms with E-state index in [0.717, 1.165) is 25.0 Å². The van der Waals surface area contributed by atoms with Crippen molar-refractivity contribution in [2.24, 2.45) is 10.9 Å². The summed E-state index contributed by atoms with van der Waals surface area (Å²) in [6, 6.07) is 16.4. The van der Waals surface area contributed by atoms with E-state index in [9.17, 15) is 18.3 Å². The number of aliphatic imine (C=N–C) groups is 1. The maximum atomic E-state index is 13.3. The van der Waals surface area contributed by atoms with E-state index in [0.29, 0.717) is 48.1 Å². The summed E-state index contributed by atoms with van der Waals surface area (Å²) in [4.78, 5) is 18.8. The van der Waals surface area contributed by atoms with Crippen molar-refractivity contribution in [2.45, 2.75) is 43.5 Å². The second kappa shape index (κ2) is 10.8. The molecule has 2 atom stereocenters. The van der Waals surface area contributed by atoms with Crippen molar-refractivity contribution in [3.05, 3.63) is 87.3 Å². The normalized spacial score (nSPS) is 19.2. The maximum absolute atomic E-state index is 13.3. The summed E-state index contributed by atoms with van der Waals surface area (Å²) in [7, 11) is -3.95. The molecule has 1 N–H and O–H groups in total. The number of aromatic nitrogens is 1. The number of hydrogen-bond acceptors (Lipinski definition) is 6. The number of sulfonamides is 1. The van der Waals surface area contributed by atoms with Gasteiger partial charge >= 0.3 is 0 Å². The van der Waals surface area contributed by atoms with E-state index in [4.69, 9.17) is 11.6 Å². The zero-order chi connectivity index (χ0) is 26.9. The molecule has 8 nitrogen and oxygen atoms in total. The van der Waals surface area contributed by atoms with E-state index in [-0.39, 0.29) is 28.2 Å². The number of nitrogens with one attached hydrogen (secondary N) is 1. The predicted molar refractivity (Wildman–Crippen MR) is 149 cm³/mol. The fourth-order valence-electron chi connectivity index (χ4n) is 5.37. The lowest BCUT2D eigenvalue weighted by Crippen LogP contribution is -2.47. The topological polar surface area (TPSA) is 107 Å². The highest BCUT2D eigenvalue weighted by Crippen LogP contribution is 2.39. The van der Waals surface area contributed by atoms with Crippen molar-refractivity contribution in [1.29, 1.82) is 0 Å². The van der Waals surface area contributed by atoms with Gasteiger partial charge in [0.15, 0.2) is 0 Å². The summed E-state index contributed by atoms with van der Waals surface area (Å²) in [5.74, 6) is 0.00987. The molecular weight excluding hydrogens is 524 g/mol. The van der Waals surface area contributed by atoms with Gasteiger partial charge in [0.1, 0.15) is 0 Å². The molecule has 2 unspecified atom stereocenters. The van der Waals surface area contributed by atoms with Gasteiger partial charge in [0.05, 0.1) is 16.3 Å². The third kappa shape index (κ3) is 5.44. The minimum Gasteiger partial charge on any atom is -0.858 e. The maximum Gasteiger partial charge on any atom is 0.261 e. The van der Waals surface area contributed by atoms with Crippen molar-refractivity contribution >= 4 is 38.9 Å². The third-order valence-electron chi connectivity index (χ3n) is 7.20. The minimum atomic E-state index is -3.95. The van der Waals surface area contributed by atoms with Gasteiger partial charge in [-0.2, -0.15) is 0 Å². The Hall–Kier alpha value is -3.30. The van der Waals surface area contributed by atoms with Gasteiger partial charge in [-0.25, -0.2) is 8.42 Å². The van der Waals surface area contributed by atoms with Crippen molar-refractivity contribution in [2.75, 3.05) is 29.3 Å². The van der Waals surface area contributed by atoms with Crippen molar-refractivity contribution in [3.8, 4) is 0 Å². The largest absolute Gasteiger partial charge is 0.858 e. The van der Waals surface area contributed by atoms with Gasteiger partial charge in [-0.1, -0.05) is 37.1 Å². The zero-order valence-corrected chi connectivity index (χ0v) is 22.7. The van der Waals surface area contributed by atoms with Crippen LogP contribution < -0.4 is 20.3 Å². The molecule has 0 saturated carbocycles. The molecule has 1 fully saturated rings. The van der Waals surface area contributed by atoms with Gasteiger partial charge in [0.2, 0.25) is 0 Å². The fourth-order valence-corrected chi connectivity index (χ4v) is 6.56. The van der Waals surface area contributed by atoms with Crippen LogP contribution in [0.3, 0.4) is 0 Å². The molecule has 2 aliphatic rings. The summed E-state index contributed by atoms with van der Waals surface area (Å²) in [5, 5.41) is 13.2. The zero-order valence-electron chi connectivity index (χ0n) is 21.1. The number of halogens is 1. The average molecular weight is 554 g/mol. The van der Waals surface area contributed by atoms with E-state index in [1.807, 2.05) is 17.6 Å². The van der Waals surface area contributed by atoms with Crippen LogP contribution in [0.5, 0.6) is 0 Å². The lowest BCUT2D eigenvalue weighted by molar-refractivity contribution is -0.213. The lowest BCUT2D eigenvalue weighted by atomic mass is 9.83. The number of pyridine rings is 1. The van der Waals surface area contributed by atoms with Crippen LogP contribution in [0.4, 0.5) is 11.4 Å². The van der Waals surface area contributed by atoms with Crippen LogP contribution in [0.15, 0.2) is 75.3 Å². The Kier molecular flexibility index (Phi) is 7.49. The SMILES string of the molecule is CCCCN=C([O-])c1ccc(N2CC3CC(C2)c2cccc(=O)n2C3)c(NS(=O)(=O)c2ccc(Cl)cc2)c1. The molecule has 0 radical (unpaired) electrons. The van der Waals surface area contributed by atoms with Crippen LogP contribution in [0.25, 0.3) is 0 Å². The molecule has 2 aromatic carbocycles. The van der Waals surface area contributed by atoms with Crippen LogP contribution in [-0.2, 0) is 16.6 Å². The van der Waals surface area contributed by atoms with E-state index in [1.165, 1.54) is 24.3 Å². The summed E-state index contributed by atoms with van der Waals surface area (Å²) < 4.78 is 31.2. The molecule has 38 heavy (non-hydrogen) atoms. The number of piperidine rings is 1. The van der Waals surface area contributed by atoms with Crippen LogP contribution in [0.2, 0.25) is 5.02 Å². The Morgan fingerprint density at radius 2 is 1.89 bits per heavy atom. The highest BCUT2D eigenvalue weighted by molar-refractivity contribution is 7.92. The van der Waals surface area contributed by atoms with Gasteiger partial charge in [-0.05, 0) is 72.7 Å². The Bertz CT molecular complexity index is 1520. The Balaban J connectivity index is 1.51. The van der Waals surface area contributed by atoms with Crippen LogP contribution in [0, 0.1) is 5.92 Å². The van der Waals surface area contributed by atoms with E-state index >= 15 is 0 Å². The first-order valence-corrected chi connectivity index (χ1v) is 14.7. The number of rotatable bonds is 8. The number of unbranched alkanes of at least 4 members (excludes halogenated alkanes) is 1. The highest BCUT2D eigenvalue weighted by Gasteiger charge is 2.35. The van der Waals surface area contributed by atoms with Gasteiger partial charge in [-0.15, -0.1) is 0 Å². The molecule has 5 rings (SSSR count). The molecule has 0 spiro atoms. The monoisotopic (exact) mass is 553 g/mol. The molecule has 0 amide bonds. The smallest absolute Gasteiger partial charge is 0.261 e. The minimum absolute atomic E-state index is 0.0109. The highest BCUT2D eigenvalue weighted by atomic mass is 35.5. The molecule has 3 heterocycles. The quantitative estimate of drug-likeness (QED) is 0.259. The number of benzene rings is 2. The molecule has 0 aliphatic carbocycles. The Morgan fingerprint density at radius 3 is 2.66 bits per heavy atom. The number of hydrogen-bond donors (Lipinski definition) is 1. The second-order valence-corrected chi connectivity index (χ2v) is 12.1. The molecule has 1 aromatic heterocycles. The summed E-state index contributed by atoms with van der Waals surface area (Å²) >= 11 is 5.96. The van der Waals surface area contributed by atoms with Crippen LogP contribution >= 0.6 is 11.6 Å². The first-order chi connectivity index (χ1) is 18.2. The standard InChI is InChI=1S/C28H31ClN4O4S/c1-2-3-13-30-28(35)20-7-12-26(24(15-20)31-38(36,37)23-10-8-22(29)9-11-23)32-16-19-14-21(18-32)25-5-4-6-27(34)33(25)17-19/h4-12,15,19,21,31H,2-3,13-14,16-18H2,1H3,(H,30,35)/p-1. The molecule has 200 valence electrons. The summed E-state index contributed by atoms with van der Waals surface area (Å²) in [5.41, 5.74) is 2.35. The van der Waals surface area contributed by atoms with E-state index in [1.54, 1.807) is 30.3 Å². The first-order valence-electron chi connectivity index (χ1n) is 12.8. The number of anilines is 2. The van der Waals surface area contributed by atoms with Gasteiger partial charge in [-0.3, -0.25) is 9.52 Å². The van der Waals surface area contributed by atoms with E-state index < -0.39 is 10.0 Å². The molecule has 2 bridgehead atoms. The van der Waals surface area contributed by atoms with E-state index in [2.05, 4.69) is 14.6 Å². The predicted octanol–water partition coefficient (Wildman–Crippen LogP) is 3.83. The van der Waals surface area contributed by atoms with Gasteiger partial charge in [0.25, 0.3) is 15.6 Å². The Morgan fingerprint density at radius 1 is 1.11 bits per heavy atom. The van der Waals surface area contributed by atoms with Crippen molar-refractivity contribution in [1.82, 2.24) is 4.57 Å². The molecule has 2 aliphatic heterocycles. The molecule has 10 heteroatoms. The molecule has 3 aromatic rings. The first kappa shape index (κ1) is 26.3. The van der Waals surface area contributed by atoms with Crippen molar-refractivity contribution < 1.29 is 13.5 Å². The average Bonchev–Trinajstić information content (AvgIpc) is 2.89. The van der Waals surface area contributed by atoms with Crippen LogP contribution in [0.1, 0.15) is 43.4 Å².